The van der Waals surface area contributed by atoms with Gasteiger partial charge < -0.3 is 18.6 Å². The maximum atomic E-state index is 13.6. The van der Waals surface area contributed by atoms with E-state index in [0.717, 1.165) is 12.0 Å². The number of ether oxygens (including phenoxy) is 3. The Morgan fingerprint density at radius 3 is 2.67 bits per heavy atom. The standard InChI is InChI=1S/C26H22O6S/c1-3-5-16-12-18-21(14-20(16)32-26(28)23-6-4-11-33-23)31-15(2)24(25(18)27)17-7-8-19-22(13-17)30-10-9-29-19/h4,6-8,11-14H,3,5,9-10H2,1-2H3. The maximum Gasteiger partial charge on any atom is 0.353 e. The van der Waals surface area contributed by atoms with Crippen molar-refractivity contribution in [1.82, 2.24) is 0 Å². The van der Waals surface area contributed by atoms with Crippen molar-refractivity contribution in [2.75, 3.05) is 13.2 Å². The van der Waals surface area contributed by atoms with E-state index < -0.39 is 5.97 Å². The minimum Gasteiger partial charge on any atom is -0.486 e. The number of fused-ring (bicyclic) bond motifs is 2. The van der Waals surface area contributed by atoms with Gasteiger partial charge in [-0.05, 0) is 54.1 Å². The number of benzene rings is 2. The van der Waals surface area contributed by atoms with Crippen LogP contribution in [0.3, 0.4) is 0 Å². The van der Waals surface area contributed by atoms with Crippen LogP contribution in [0.25, 0.3) is 22.1 Å². The van der Waals surface area contributed by atoms with E-state index in [-0.39, 0.29) is 5.43 Å². The Balaban J connectivity index is 1.61. The molecule has 0 aliphatic carbocycles. The van der Waals surface area contributed by atoms with Crippen LogP contribution in [-0.4, -0.2) is 19.2 Å². The van der Waals surface area contributed by atoms with Gasteiger partial charge in [-0.3, -0.25) is 4.79 Å². The Kier molecular flexibility index (Phi) is 5.64. The molecule has 0 N–H and O–H groups in total. The third kappa shape index (κ3) is 4.00. The number of aryl methyl sites for hydroxylation is 2. The molecule has 0 atom stereocenters. The summed E-state index contributed by atoms with van der Waals surface area (Å²) in [4.78, 5) is 26.6. The first kappa shape index (κ1) is 21.3. The maximum absolute atomic E-state index is 13.6. The molecule has 0 saturated carbocycles. The fraction of sp³-hybridized carbons (Fsp3) is 0.231. The average Bonchev–Trinajstić information content (AvgIpc) is 3.35. The Morgan fingerprint density at radius 1 is 1.09 bits per heavy atom. The van der Waals surface area contributed by atoms with Crippen molar-refractivity contribution in [3.8, 4) is 28.4 Å². The van der Waals surface area contributed by atoms with E-state index in [9.17, 15) is 9.59 Å². The highest BCUT2D eigenvalue weighted by Crippen LogP contribution is 2.36. The highest BCUT2D eigenvalue weighted by Gasteiger charge is 2.20. The lowest BCUT2D eigenvalue weighted by atomic mass is 9.99. The van der Waals surface area contributed by atoms with Gasteiger partial charge in [0.2, 0.25) is 5.43 Å². The van der Waals surface area contributed by atoms with Crippen LogP contribution in [0, 0.1) is 6.92 Å². The highest BCUT2D eigenvalue weighted by molar-refractivity contribution is 7.12. The summed E-state index contributed by atoms with van der Waals surface area (Å²) < 4.78 is 23.0. The fourth-order valence-corrected chi connectivity index (χ4v) is 4.61. The molecule has 7 heteroatoms. The number of hydrogen-bond donors (Lipinski definition) is 0. The van der Waals surface area contributed by atoms with Gasteiger partial charge in [0.05, 0.1) is 10.9 Å². The van der Waals surface area contributed by atoms with Gasteiger partial charge in [0.25, 0.3) is 0 Å². The molecule has 3 heterocycles. The van der Waals surface area contributed by atoms with Crippen LogP contribution in [0.1, 0.15) is 34.3 Å². The van der Waals surface area contributed by atoms with E-state index in [2.05, 4.69) is 0 Å². The lowest BCUT2D eigenvalue weighted by Gasteiger charge is -2.19. The van der Waals surface area contributed by atoms with Crippen LogP contribution in [0.4, 0.5) is 0 Å². The van der Waals surface area contributed by atoms with E-state index in [0.29, 0.717) is 69.6 Å². The summed E-state index contributed by atoms with van der Waals surface area (Å²) >= 11 is 1.32. The molecule has 0 saturated heterocycles. The Morgan fingerprint density at radius 2 is 1.91 bits per heavy atom. The summed E-state index contributed by atoms with van der Waals surface area (Å²) in [6, 6.07) is 12.4. The predicted octanol–water partition coefficient (Wildman–Crippen LogP) is 5.77. The second-order valence-corrected chi connectivity index (χ2v) is 8.74. The molecule has 168 valence electrons. The molecule has 5 rings (SSSR count). The van der Waals surface area contributed by atoms with Crippen molar-refractivity contribution in [3.63, 3.8) is 0 Å². The second kappa shape index (κ2) is 8.75. The van der Waals surface area contributed by atoms with Crippen molar-refractivity contribution in [2.24, 2.45) is 0 Å². The van der Waals surface area contributed by atoms with Crippen LogP contribution in [0.2, 0.25) is 0 Å². The molecule has 2 aromatic carbocycles. The van der Waals surface area contributed by atoms with Crippen LogP contribution >= 0.6 is 11.3 Å². The smallest absolute Gasteiger partial charge is 0.353 e. The zero-order valence-corrected chi connectivity index (χ0v) is 19.1. The second-order valence-electron chi connectivity index (χ2n) is 7.79. The Hall–Kier alpha value is -3.58. The molecule has 0 bridgehead atoms. The van der Waals surface area contributed by atoms with Crippen molar-refractivity contribution in [3.05, 3.63) is 74.3 Å². The fourth-order valence-electron chi connectivity index (χ4n) is 4.02. The number of carbonyl (C=O) groups excluding carboxylic acids is 1. The first-order valence-corrected chi connectivity index (χ1v) is 11.7. The highest BCUT2D eigenvalue weighted by atomic mass is 32.1. The summed E-state index contributed by atoms with van der Waals surface area (Å²) in [5.74, 6) is 1.74. The normalized spacial score (nSPS) is 12.7. The first-order chi connectivity index (χ1) is 16.0. The zero-order valence-electron chi connectivity index (χ0n) is 18.3. The number of hydrogen-bond acceptors (Lipinski definition) is 7. The van der Waals surface area contributed by atoms with Gasteiger partial charge in [0.15, 0.2) is 11.5 Å². The van der Waals surface area contributed by atoms with Crippen LogP contribution in [0.5, 0.6) is 17.2 Å². The van der Waals surface area contributed by atoms with Gasteiger partial charge in [-0.1, -0.05) is 25.5 Å². The minimum atomic E-state index is -0.423. The van der Waals surface area contributed by atoms with Crippen LogP contribution in [-0.2, 0) is 6.42 Å². The van der Waals surface area contributed by atoms with E-state index >= 15 is 0 Å². The minimum absolute atomic E-state index is 0.140. The lowest BCUT2D eigenvalue weighted by molar-refractivity contribution is 0.0738. The van der Waals surface area contributed by atoms with Gasteiger partial charge in [-0.15, -0.1) is 11.3 Å². The Bertz CT molecular complexity index is 1400. The van der Waals surface area contributed by atoms with E-state index in [4.69, 9.17) is 18.6 Å². The third-order valence-electron chi connectivity index (χ3n) is 5.52. The molecule has 2 aromatic heterocycles. The quantitative estimate of drug-likeness (QED) is 0.277. The lowest BCUT2D eigenvalue weighted by Crippen LogP contribution is -2.15. The molecule has 4 aromatic rings. The zero-order chi connectivity index (χ0) is 22.9. The molecule has 0 spiro atoms. The van der Waals surface area contributed by atoms with Crippen LogP contribution in [0.15, 0.2) is 57.1 Å². The molecule has 0 fully saturated rings. The van der Waals surface area contributed by atoms with Crippen molar-refractivity contribution in [2.45, 2.75) is 26.7 Å². The van der Waals surface area contributed by atoms with Gasteiger partial charge >= 0.3 is 5.97 Å². The first-order valence-electron chi connectivity index (χ1n) is 10.8. The molecule has 1 aliphatic rings. The average molecular weight is 463 g/mol. The van der Waals surface area contributed by atoms with Gasteiger partial charge in [-0.25, -0.2) is 4.79 Å². The monoisotopic (exact) mass is 462 g/mol. The predicted molar refractivity (Wildman–Crippen MR) is 127 cm³/mol. The van der Waals surface area contributed by atoms with Crippen molar-refractivity contribution in [1.29, 1.82) is 0 Å². The summed E-state index contributed by atoms with van der Waals surface area (Å²) in [6.45, 7) is 4.76. The van der Waals surface area contributed by atoms with E-state index in [1.54, 1.807) is 31.2 Å². The molecule has 0 unspecified atom stereocenters. The molecule has 1 aliphatic heterocycles. The van der Waals surface area contributed by atoms with Gasteiger partial charge in [0, 0.05) is 6.07 Å². The molecule has 0 amide bonds. The van der Waals surface area contributed by atoms with E-state index in [1.165, 1.54) is 11.3 Å². The summed E-state index contributed by atoms with van der Waals surface area (Å²) in [5.41, 5.74) is 2.22. The molecular formula is C26H22O6S. The van der Waals surface area contributed by atoms with Crippen molar-refractivity contribution >= 4 is 28.3 Å². The molecule has 0 radical (unpaired) electrons. The largest absolute Gasteiger partial charge is 0.486 e. The van der Waals surface area contributed by atoms with Crippen molar-refractivity contribution < 1.29 is 23.4 Å². The van der Waals surface area contributed by atoms with E-state index in [1.807, 2.05) is 30.5 Å². The summed E-state index contributed by atoms with van der Waals surface area (Å²) in [5, 5.41) is 2.27. The molecular weight excluding hydrogens is 440 g/mol. The van der Waals surface area contributed by atoms with Crippen LogP contribution < -0.4 is 19.6 Å². The van der Waals surface area contributed by atoms with Gasteiger partial charge in [0.1, 0.15) is 35.2 Å². The number of esters is 1. The summed E-state index contributed by atoms with van der Waals surface area (Å²) in [7, 11) is 0. The molecule has 6 nitrogen and oxygen atoms in total. The van der Waals surface area contributed by atoms with Gasteiger partial charge in [-0.2, -0.15) is 0 Å². The number of carbonyl (C=O) groups is 1. The third-order valence-corrected chi connectivity index (χ3v) is 6.37. The Labute approximate surface area is 194 Å². The molecule has 33 heavy (non-hydrogen) atoms. The number of thiophene rings is 1. The topological polar surface area (TPSA) is 75.0 Å². The number of rotatable bonds is 5. The summed E-state index contributed by atoms with van der Waals surface area (Å²) in [6.07, 6.45) is 1.50. The SMILES string of the molecule is CCCc1cc2c(=O)c(-c3ccc4c(c3)OCCO4)c(C)oc2cc1OC(=O)c1cccs1.